The van der Waals surface area contributed by atoms with E-state index >= 15 is 0 Å². The van der Waals surface area contributed by atoms with E-state index in [1.165, 1.54) is 5.57 Å². The Labute approximate surface area is 144 Å². The Balaban J connectivity index is 1.72. The quantitative estimate of drug-likeness (QED) is 0.562. The van der Waals surface area contributed by atoms with E-state index in [9.17, 15) is 9.59 Å². The molecule has 130 valence electrons. The molecule has 3 aliphatic carbocycles. The summed E-state index contributed by atoms with van der Waals surface area (Å²) in [5.74, 6) is 0.133. The summed E-state index contributed by atoms with van der Waals surface area (Å²) in [5, 5.41) is 0. The number of esters is 1. The molecule has 3 aliphatic rings. The molecule has 1 fully saturated rings. The number of Topliss-reactive ketones (excluding diaryl/α,β-unsaturated/α-hetero) is 1. The molecule has 0 heterocycles. The SMILES string of the molecule is CC(C)=CC1C(C(=O)OC2CC(=O)C(C3=CCCC3)=C2C)C1(C)C. The van der Waals surface area contributed by atoms with Gasteiger partial charge in [0.15, 0.2) is 5.78 Å². The van der Waals surface area contributed by atoms with Gasteiger partial charge in [-0.3, -0.25) is 9.59 Å². The molecular weight excluding hydrogens is 300 g/mol. The van der Waals surface area contributed by atoms with E-state index in [0.717, 1.165) is 36.0 Å². The summed E-state index contributed by atoms with van der Waals surface area (Å²) in [4.78, 5) is 25.0. The van der Waals surface area contributed by atoms with E-state index in [-0.39, 0.29) is 35.1 Å². The van der Waals surface area contributed by atoms with Crippen molar-refractivity contribution in [1.29, 1.82) is 0 Å². The second-order valence-corrected chi connectivity index (χ2v) is 8.30. The van der Waals surface area contributed by atoms with Crippen molar-refractivity contribution in [3.63, 3.8) is 0 Å². The molecule has 0 aromatic rings. The zero-order valence-corrected chi connectivity index (χ0v) is 15.4. The zero-order valence-electron chi connectivity index (χ0n) is 15.4. The molecule has 3 nitrogen and oxygen atoms in total. The lowest BCUT2D eigenvalue weighted by Crippen LogP contribution is -2.20. The molecule has 0 spiro atoms. The molecule has 1 saturated carbocycles. The molecule has 0 N–H and O–H groups in total. The summed E-state index contributed by atoms with van der Waals surface area (Å²) in [7, 11) is 0. The van der Waals surface area contributed by atoms with E-state index < -0.39 is 0 Å². The Morgan fingerprint density at radius 3 is 2.62 bits per heavy atom. The Hall–Kier alpha value is -1.64. The third-order valence-electron chi connectivity index (χ3n) is 5.82. The van der Waals surface area contributed by atoms with Crippen LogP contribution in [0, 0.1) is 17.3 Å². The van der Waals surface area contributed by atoms with Crippen LogP contribution in [0.3, 0.4) is 0 Å². The second kappa shape index (κ2) is 6.02. The van der Waals surface area contributed by atoms with Crippen molar-refractivity contribution >= 4 is 11.8 Å². The highest BCUT2D eigenvalue weighted by Crippen LogP contribution is 2.60. The molecule has 0 aliphatic heterocycles. The van der Waals surface area contributed by atoms with Gasteiger partial charge < -0.3 is 4.74 Å². The van der Waals surface area contributed by atoms with E-state index in [0.29, 0.717) is 6.42 Å². The highest BCUT2D eigenvalue weighted by molar-refractivity contribution is 6.03. The van der Waals surface area contributed by atoms with Crippen LogP contribution in [-0.4, -0.2) is 17.9 Å². The average Bonchev–Trinajstić information content (AvgIpc) is 2.87. The molecule has 0 aromatic heterocycles. The van der Waals surface area contributed by atoms with Crippen LogP contribution in [0.4, 0.5) is 0 Å². The predicted octanol–water partition coefficient (Wildman–Crippen LogP) is 4.54. The summed E-state index contributed by atoms with van der Waals surface area (Å²) < 4.78 is 5.78. The average molecular weight is 328 g/mol. The van der Waals surface area contributed by atoms with E-state index in [1.807, 2.05) is 6.92 Å². The van der Waals surface area contributed by atoms with Crippen molar-refractivity contribution in [1.82, 2.24) is 0 Å². The van der Waals surface area contributed by atoms with Gasteiger partial charge in [0.25, 0.3) is 0 Å². The first-order valence-electron chi connectivity index (χ1n) is 9.02. The van der Waals surface area contributed by atoms with Crippen molar-refractivity contribution < 1.29 is 14.3 Å². The normalized spacial score (nSPS) is 31.1. The van der Waals surface area contributed by atoms with Crippen molar-refractivity contribution in [2.45, 2.75) is 66.4 Å². The topological polar surface area (TPSA) is 43.4 Å². The first-order chi connectivity index (χ1) is 11.2. The minimum absolute atomic E-state index is 0.0502. The van der Waals surface area contributed by atoms with Crippen LogP contribution in [-0.2, 0) is 14.3 Å². The molecule has 3 unspecified atom stereocenters. The number of hydrogen-bond acceptors (Lipinski definition) is 3. The third kappa shape index (κ3) is 2.89. The fraction of sp³-hybridized carbons (Fsp3) is 0.619. The molecule has 0 saturated heterocycles. The van der Waals surface area contributed by atoms with Gasteiger partial charge in [-0.05, 0) is 62.5 Å². The summed E-state index contributed by atoms with van der Waals surface area (Å²) in [6.07, 6.45) is 7.40. The standard InChI is InChI=1S/C21H28O3/c1-12(2)10-15-19(21(15,4)5)20(23)24-17-11-16(22)18(13(17)3)14-8-6-7-9-14/h8,10,15,17,19H,6-7,9,11H2,1-5H3. The van der Waals surface area contributed by atoms with Crippen molar-refractivity contribution in [3.8, 4) is 0 Å². The van der Waals surface area contributed by atoms with Gasteiger partial charge in [0, 0.05) is 5.57 Å². The first-order valence-corrected chi connectivity index (χ1v) is 9.02. The van der Waals surface area contributed by atoms with Gasteiger partial charge in [0.1, 0.15) is 6.10 Å². The van der Waals surface area contributed by atoms with Crippen molar-refractivity contribution in [3.05, 3.63) is 34.4 Å². The summed E-state index contributed by atoms with van der Waals surface area (Å²) in [6.45, 7) is 10.3. The van der Waals surface area contributed by atoms with Crippen LogP contribution in [0.15, 0.2) is 34.4 Å². The van der Waals surface area contributed by atoms with Gasteiger partial charge >= 0.3 is 5.97 Å². The largest absolute Gasteiger partial charge is 0.457 e. The zero-order chi connectivity index (χ0) is 17.6. The maximum atomic E-state index is 12.6. The van der Waals surface area contributed by atoms with Crippen LogP contribution in [0.2, 0.25) is 0 Å². The Morgan fingerprint density at radius 1 is 1.33 bits per heavy atom. The number of hydrogen-bond donors (Lipinski definition) is 0. The third-order valence-corrected chi connectivity index (χ3v) is 5.82. The lowest BCUT2D eigenvalue weighted by atomic mass is 10.0. The summed E-state index contributed by atoms with van der Waals surface area (Å²) >= 11 is 0. The van der Waals surface area contributed by atoms with Gasteiger partial charge in [-0.25, -0.2) is 0 Å². The fourth-order valence-electron chi connectivity index (χ4n) is 4.28. The van der Waals surface area contributed by atoms with Gasteiger partial charge in [0.2, 0.25) is 0 Å². The Morgan fingerprint density at radius 2 is 2.04 bits per heavy atom. The molecule has 0 amide bonds. The van der Waals surface area contributed by atoms with Gasteiger partial charge in [-0.15, -0.1) is 0 Å². The summed E-state index contributed by atoms with van der Waals surface area (Å²) in [6, 6.07) is 0. The van der Waals surface area contributed by atoms with Crippen LogP contribution in [0.1, 0.15) is 60.3 Å². The number of ether oxygens (including phenoxy) is 1. The van der Waals surface area contributed by atoms with E-state index in [2.05, 4.69) is 39.8 Å². The summed E-state index contributed by atoms with van der Waals surface area (Å²) in [5.41, 5.74) is 4.11. The maximum absolute atomic E-state index is 12.6. The molecule has 0 radical (unpaired) electrons. The van der Waals surface area contributed by atoms with Crippen LogP contribution in [0.5, 0.6) is 0 Å². The fourth-order valence-corrected chi connectivity index (χ4v) is 4.28. The van der Waals surface area contributed by atoms with E-state index in [4.69, 9.17) is 4.74 Å². The number of allylic oxidation sites excluding steroid dienone is 5. The molecule has 3 atom stereocenters. The number of carbonyl (C=O) groups excluding carboxylic acids is 2. The highest BCUT2D eigenvalue weighted by atomic mass is 16.5. The minimum Gasteiger partial charge on any atom is -0.457 e. The molecule has 3 heteroatoms. The maximum Gasteiger partial charge on any atom is 0.310 e. The lowest BCUT2D eigenvalue weighted by Gasteiger charge is -2.14. The first kappa shape index (κ1) is 17.2. The van der Waals surface area contributed by atoms with Crippen molar-refractivity contribution in [2.75, 3.05) is 0 Å². The number of carbonyl (C=O) groups is 2. The van der Waals surface area contributed by atoms with Crippen molar-refractivity contribution in [2.24, 2.45) is 17.3 Å². The van der Waals surface area contributed by atoms with Crippen LogP contribution in [0.25, 0.3) is 0 Å². The molecule has 3 rings (SSSR count). The predicted molar refractivity (Wildman–Crippen MR) is 94.3 cm³/mol. The Kier molecular flexibility index (Phi) is 4.31. The molecule has 0 bridgehead atoms. The molecule has 24 heavy (non-hydrogen) atoms. The molecule has 0 aromatic carbocycles. The number of ketones is 1. The molecular formula is C21H28O3. The van der Waals surface area contributed by atoms with Gasteiger partial charge in [-0.2, -0.15) is 0 Å². The second-order valence-electron chi connectivity index (χ2n) is 8.30. The van der Waals surface area contributed by atoms with E-state index in [1.54, 1.807) is 0 Å². The smallest absolute Gasteiger partial charge is 0.310 e. The monoisotopic (exact) mass is 328 g/mol. The van der Waals surface area contributed by atoms with Gasteiger partial charge in [-0.1, -0.05) is 31.6 Å². The van der Waals surface area contributed by atoms with Crippen LogP contribution >= 0.6 is 0 Å². The van der Waals surface area contributed by atoms with Gasteiger partial charge in [0.05, 0.1) is 12.3 Å². The lowest BCUT2D eigenvalue weighted by molar-refractivity contribution is -0.150. The minimum atomic E-state index is -0.370. The van der Waals surface area contributed by atoms with Crippen LogP contribution < -0.4 is 0 Å². The number of rotatable bonds is 4. The Bertz CT molecular complexity index is 671. The highest BCUT2D eigenvalue weighted by Gasteiger charge is 2.61.